The summed E-state index contributed by atoms with van der Waals surface area (Å²) in [5.74, 6) is -2.94. The lowest BCUT2D eigenvalue weighted by atomic mass is 10.3. The van der Waals surface area contributed by atoms with Crippen LogP contribution in [-0.2, 0) is 23.7 Å². The maximum absolute atomic E-state index is 10.7. The Bertz CT molecular complexity index is 156. The zero-order valence-electron chi connectivity index (χ0n) is 8.07. The van der Waals surface area contributed by atoms with E-state index in [0.717, 1.165) is 0 Å². The van der Waals surface area contributed by atoms with Gasteiger partial charge in [-0.05, 0) is 0 Å². The zero-order valence-corrected chi connectivity index (χ0v) is 8.07. The Morgan fingerprint density at radius 2 is 1.54 bits per heavy atom. The zero-order chi connectivity index (χ0) is 10.5. The van der Waals surface area contributed by atoms with Crippen molar-refractivity contribution in [2.75, 3.05) is 28.4 Å². The van der Waals surface area contributed by atoms with E-state index < -0.39 is 18.0 Å². The quantitative estimate of drug-likeness (QED) is 0.584. The number of carboxylic acids is 1. The number of methoxy groups -OCH3 is 4. The number of rotatable bonds is 6. The van der Waals surface area contributed by atoms with E-state index in [4.69, 9.17) is 19.3 Å². The fraction of sp³-hybridized carbons (Fsp3) is 0.857. The van der Waals surface area contributed by atoms with E-state index in [2.05, 4.69) is 4.74 Å². The highest BCUT2D eigenvalue weighted by atomic mass is 16.9. The number of hydrogen-bond donors (Lipinski definition) is 1. The van der Waals surface area contributed by atoms with Gasteiger partial charge in [0.25, 0.3) is 0 Å². The average Bonchev–Trinajstić information content (AvgIpc) is 2.13. The van der Waals surface area contributed by atoms with Gasteiger partial charge in [-0.15, -0.1) is 0 Å². The first-order valence-electron chi connectivity index (χ1n) is 3.49. The highest BCUT2D eigenvalue weighted by Gasteiger charge is 2.46. The maximum atomic E-state index is 10.7. The van der Waals surface area contributed by atoms with E-state index in [1.807, 2.05) is 0 Å². The minimum absolute atomic E-state index is 1.23. The van der Waals surface area contributed by atoms with Gasteiger partial charge >= 0.3 is 11.9 Å². The molecule has 0 heterocycles. The fourth-order valence-electron chi connectivity index (χ4n) is 0.967. The molecule has 0 amide bonds. The van der Waals surface area contributed by atoms with E-state index in [1.165, 1.54) is 28.4 Å². The van der Waals surface area contributed by atoms with Crippen LogP contribution in [0.25, 0.3) is 0 Å². The molecule has 6 nitrogen and oxygen atoms in total. The maximum Gasteiger partial charge on any atom is 0.341 e. The van der Waals surface area contributed by atoms with Gasteiger partial charge in [0.15, 0.2) is 0 Å². The summed E-state index contributed by atoms with van der Waals surface area (Å²) < 4.78 is 19.1. The first kappa shape index (κ1) is 12.3. The number of hydrogen-bond acceptors (Lipinski definition) is 5. The van der Waals surface area contributed by atoms with Crippen LogP contribution in [0.2, 0.25) is 0 Å². The minimum Gasteiger partial charge on any atom is -0.479 e. The van der Waals surface area contributed by atoms with Gasteiger partial charge < -0.3 is 24.1 Å². The molecule has 1 unspecified atom stereocenters. The van der Waals surface area contributed by atoms with Crippen LogP contribution < -0.4 is 0 Å². The summed E-state index contributed by atoms with van der Waals surface area (Å²) in [7, 11) is 5.02. The Labute approximate surface area is 76.3 Å². The largest absolute Gasteiger partial charge is 0.479 e. The van der Waals surface area contributed by atoms with E-state index in [0.29, 0.717) is 0 Å². The van der Waals surface area contributed by atoms with Crippen molar-refractivity contribution in [3.8, 4) is 0 Å². The molecule has 0 bridgehead atoms. The van der Waals surface area contributed by atoms with Crippen LogP contribution in [0.1, 0.15) is 0 Å². The molecule has 1 atom stereocenters. The second-order valence-electron chi connectivity index (χ2n) is 2.17. The van der Waals surface area contributed by atoms with Crippen molar-refractivity contribution in [2.45, 2.75) is 12.1 Å². The summed E-state index contributed by atoms with van der Waals surface area (Å²) in [6, 6.07) is 0. The molecule has 0 radical (unpaired) electrons. The Kier molecular flexibility index (Phi) is 4.86. The molecule has 0 aromatic heterocycles. The van der Waals surface area contributed by atoms with Crippen molar-refractivity contribution in [1.29, 1.82) is 0 Å². The molecule has 0 aromatic carbocycles. The highest BCUT2D eigenvalue weighted by molar-refractivity contribution is 5.73. The third-order valence-electron chi connectivity index (χ3n) is 1.63. The predicted octanol–water partition coefficient (Wildman–Crippen LogP) is -0.321. The van der Waals surface area contributed by atoms with Crippen LogP contribution in [0.4, 0.5) is 0 Å². The predicted molar refractivity (Wildman–Crippen MR) is 42.2 cm³/mol. The first-order chi connectivity index (χ1) is 6.07. The molecule has 0 saturated heterocycles. The van der Waals surface area contributed by atoms with Gasteiger partial charge in [0.1, 0.15) is 0 Å². The van der Waals surface area contributed by atoms with Crippen LogP contribution in [0, 0.1) is 0 Å². The molecule has 0 aliphatic carbocycles. The van der Waals surface area contributed by atoms with Crippen molar-refractivity contribution >= 4 is 5.97 Å². The molecular weight excluding hydrogens is 180 g/mol. The van der Waals surface area contributed by atoms with Crippen LogP contribution in [0.3, 0.4) is 0 Å². The van der Waals surface area contributed by atoms with Crippen LogP contribution in [0.5, 0.6) is 0 Å². The molecule has 13 heavy (non-hydrogen) atoms. The van der Waals surface area contributed by atoms with Gasteiger partial charge in [-0.25, -0.2) is 4.79 Å². The molecule has 0 aliphatic rings. The fourth-order valence-corrected chi connectivity index (χ4v) is 0.967. The van der Waals surface area contributed by atoms with Crippen LogP contribution >= 0.6 is 0 Å². The van der Waals surface area contributed by atoms with E-state index in [-0.39, 0.29) is 0 Å². The average molecular weight is 194 g/mol. The molecule has 0 fully saturated rings. The third kappa shape index (κ3) is 2.38. The summed E-state index contributed by atoms with van der Waals surface area (Å²) in [5.41, 5.74) is 0. The van der Waals surface area contributed by atoms with Crippen molar-refractivity contribution in [2.24, 2.45) is 0 Å². The highest BCUT2D eigenvalue weighted by Crippen LogP contribution is 2.20. The monoisotopic (exact) mass is 194 g/mol. The van der Waals surface area contributed by atoms with Crippen molar-refractivity contribution < 1.29 is 28.8 Å². The van der Waals surface area contributed by atoms with E-state index in [9.17, 15) is 4.79 Å². The molecule has 6 heteroatoms. The molecule has 0 aliphatic heterocycles. The van der Waals surface area contributed by atoms with Gasteiger partial charge in [-0.2, -0.15) is 0 Å². The van der Waals surface area contributed by atoms with Gasteiger partial charge in [0.05, 0.1) is 0 Å². The van der Waals surface area contributed by atoms with Gasteiger partial charge in [-0.3, -0.25) is 0 Å². The summed E-state index contributed by atoms with van der Waals surface area (Å²) >= 11 is 0. The van der Waals surface area contributed by atoms with Crippen LogP contribution in [0.15, 0.2) is 0 Å². The van der Waals surface area contributed by atoms with Gasteiger partial charge in [0.2, 0.25) is 6.10 Å². The SMILES string of the molecule is COC(C(=O)O)C(OC)(OC)OC. The molecule has 0 spiro atoms. The number of carboxylic acid groups (broad SMARTS) is 1. The molecule has 0 rings (SSSR count). The lowest BCUT2D eigenvalue weighted by Gasteiger charge is -2.32. The van der Waals surface area contributed by atoms with Crippen molar-refractivity contribution in [3.63, 3.8) is 0 Å². The third-order valence-corrected chi connectivity index (χ3v) is 1.63. The Balaban J connectivity index is 4.76. The second kappa shape index (κ2) is 5.13. The summed E-state index contributed by atoms with van der Waals surface area (Å²) in [4.78, 5) is 10.7. The normalized spacial score (nSPS) is 14.2. The second-order valence-corrected chi connectivity index (χ2v) is 2.17. The van der Waals surface area contributed by atoms with E-state index in [1.54, 1.807) is 0 Å². The Morgan fingerprint density at radius 3 is 1.62 bits per heavy atom. The summed E-state index contributed by atoms with van der Waals surface area (Å²) in [6.45, 7) is 0. The van der Waals surface area contributed by atoms with Gasteiger partial charge in [-0.1, -0.05) is 0 Å². The topological polar surface area (TPSA) is 74.2 Å². The Morgan fingerprint density at radius 1 is 1.15 bits per heavy atom. The summed E-state index contributed by atoms with van der Waals surface area (Å²) in [5, 5.41) is 8.74. The lowest BCUT2D eigenvalue weighted by Crippen LogP contribution is -2.52. The molecule has 78 valence electrons. The van der Waals surface area contributed by atoms with Crippen molar-refractivity contribution in [3.05, 3.63) is 0 Å². The molecule has 0 saturated carbocycles. The minimum atomic E-state index is -1.71. The van der Waals surface area contributed by atoms with Crippen molar-refractivity contribution in [1.82, 2.24) is 0 Å². The lowest BCUT2D eigenvalue weighted by molar-refractivity contribution is -0.385. The smallest absolute Gasteiger partial charge is 0.341 e. The van der Waals surface area contributed by atoms with E-state index >= 15 is 0 Å². The first-order valence-corrected chi connectivity index (χ1v) is 3.49. The standard InChI is InChI=1S/C7H14O6/c1-10-5(6(8)9)7(11-2,12-3)13-4/h5H,1-4H3,(H,8,9). The van der Waals surface area contributed by atoms with Crippen LogP contribution in [-0.4, -0.2) is 51.6 Å². The number of carbonyl (C=O) groups is 1. The molecular formula is C7H14O6. The molecule has 1 N–H and O–H groups in total. The number of aliphatic carboxylic acids is 1. The van der Waals surface area contributed by atoms with Gasteiger partial charge in [0, 0.05) is 28.4 Å². The molecule has 0 aromatic rings. The number of ether oxygens (including phenoxy) is 4. The Hall–Kier alpha value is -0.690. The summed E-state index contributed by atoms with van der Waals surface area (Å²) in [6.07, 6.45) is -1.34.